The monoisotopic (exact) mass is 294 g/mol. The number of ether oxygens (including phenoxy) is 1. The molecule has 0 aliphatic heterocycles. The van der Waals surface area contributed by atoms with Gasteiger partial charge in [-0.05, 0) is 12.8 Å². The van der Waals surface area contributed by atoms with Crippen LogP contribution in [-0.4, -0.2) is 22.2 Å². The average Bonchev–Trinajstić information content (AvgIpc) is 2.50. The lowest BCUT2D eigenvalue weighted by molar-refractivity contribution is 0.373. The fourth-order valence-corrected chi connectivity index (χ4v) is 2.70. The molecule has 120 valence electrons. The largest absolute Gasteiger partial charge is 0.493 e. The van der Waals surface area contributed by atoms with E-state index < -0.39 is 0 Å². The number of aromatic hydroxyl groups is 1. The van der Waals surface area contributed by atoms with E-state index in [0.717, 1.165) is 18.5 Å². The summed E-state index contributed by atoms with van der Waals surface area (Å²) in [7, 11) is 1.64. The zero-order chi connectivity index (χ0) is 15.5. The smallest absolute Gasteiger partial charge is 0.314 e. The van der Waals surface area contributed by atoms with Crippen molar-refractivity contribution in [1.29, 1.82) is 0 Å². The predicted molar refractivity (Wildman–Crippen MR) is 85.9 cm³/mol. The summed E-state index contributed by atoms with van der Waals surface area (Å²) in [4.78, 5) is 8.06. The van der Waals surface area contributed by atoms with Crippen molar-refractivity contribution in [3.63, 3.8) is 0 Å². The predicted octanol–water partition coefficient (Wildman–Crippen LogP) is 4.83. The van der Waals surface area contributed by atoms with Crippen molar-refractivity contribution in [2.75, 3.05) is 7.11 Å². The van der Waals surface area contributed by atoms with E-state index in [2.05, 4.69) is 23.8 Å². The molecule has 0 bridgehead atoms. The molecule has 4 heteroatoms. The molecule has 1 aromatic heterocycles. The van der Waals surface area contributed by atoms with Crippen LogP contribution >= 0.6 is 0 Å². The number of unbranched alkanes of at least 4 members (excludes halogenated alkanes) is 5. The Kier molecular flexibility index (Phi) is 8.79. The molecule has 0 saturated carbocycles. The Morgan fingerprint density at radius 3 is 2.29 bits per heavy atom. The van der Waals surface area contributed by atoms with E-state index in [9.17, 15) is 5.11 Å². The Bertz CT molecular complexity index is 396. The zero-order valence-electron chi connectivity index (χ0n) is 13.8. The summed E-state index contributed by atoms with van der Waals surface area (Å²) in [5.41, 5.74) is 0.873. The van der Waals surface area contributed by atoms with Crippen LogP contribution in [0.25, 0.3) is 0 Å². The third-order valence-corrected chi connectivity index (χ3v) is 3.94. The summed E-state index contributed by atoms with van der Waals surface area (Å²) < 4.78 is 5.38. The Balaban J connectivity index is 2.75. The molecule has 1 rings (SSSR count). The summed E-state index contributed by atoms with van der Waals surface area (Å²) in [6.07, 6.45) is 12.5. The number of aromatic nitrogens is 2. The molecule has 1 heterocycles. The molecule has 21 heavy (non-hydrogen) atoms. The quantitative estimate of drug-likeness (QED) is 0.594. The summed E-state index contributed by atoms with van der Waals surface area (Å²) in [5.74, 6) is 1.06. The molecule has 0 spiro atoms. The minimum atomic E-state index is -0.153. The van der Waals surface area contributed by atoms with Gasteiger partial charge in [0.2, 0.25) is 0 Å². The zero-order valence-corrected chi connectivity index (χ0v) is 13.8. The lowest BCUT2D eigenvalue weighted by atomic mass is 9.91. The number of hydrogen-bond donors (Lipinski definition) is 1. The molecule has 1 aromatic rings. The molecule has 0 aromatic carbocycles. The molecule has 0 saturated heterocycles. The van der Waals surface area contributed by atoms with Gasteiger partial charge < -0.3 is 9.84 Å². The highest BCUT2D eigenvalue weighted by Crippen LogP contribution is 2.33. The number of hydrogen-bond acceptors (Lipinski definition) is 4. The fourth-order valence-electron chi connectivity index (χ4n) is 2.70. The molecule has 1 atom stereocenters. The maximum atomic E-state index is 9.59. The van der Waals surface area contributed by atoms with Gasteiger partial charge in [-0.15, -0.1) is 0 Å². The van der Waals surface area contributed by atoms with E-state index in [1.54, 1.807) is 13.3 Å². The maximum Gasteiger partial charge on any atom is 0.314 e. The first kappa shape index (κ1) is 17.7. The van der Waals surface area contributed by atoms with Crippen LogP contribution in [0.1, 0.15) is 83.2 Å². The van der Waals surface area contributed by atoms with E-state index in [-0.39, 0.29) is 6.01 Å². The molecule has 0 aliphatic rings. The van der Waals surface area contributed by atoms with Gasteiger partial charge in [-0.25, -0.2) is 0 Å². The SMILES string of the molecule is CCCCCCC(CCCCC)c1nc(O)ncc1OC. The molecule has 0 fully saturated rings. The van der Waals surface area contributed by atoms with Crippen LogP contribution in [0.2, 0.25) is 0 Å². The van der Waals surface area contributed by atoms with Gasteiger partial charge in [-0.1, -0.05) is 58.8 Å². The van der Waals surface area contributed by atoms with Crippen LogP contribution in [-0.2, 0) is 0 Å². The molecular formula is C17H30N2O2. The molecule has 0 amide bonds. The topological polar surface area (TPSA) is 55.2 Å². The van der Waals surface area contributed by atoms with Crippen molar-refractivity contribution in [1.82, 2.24) is 9.97 Å². The Hall–Kier alpha value is -1.32. The molecular weight excluding hydrogens is 264 g/mol. The van der Waals surface area contributed by atoms with E-state index in [0.29, 0.717) is 11.7 Å². The second-order valence-corrected chi connectivity index (χ2v) is 5.67. The van der Waals surface area contributed by atoms with Gasteiger partial charge in [0, 0.05) is 5.92 Å². The number of rotatable bonds is 11. The minimum absolute atomic E-state index is 0.153. The van der Waals surface area contributed by atoms with Gasteiger partial charge in [-0.3, -0.25) is 0 Å². The summed E-state index contributed by atoms with van der Waals surface area (Å²) in [5, 5.41) is 9.59. The average molecular weight is 294 g/mol. The van der Waals surface area contributed by atoms with Crippen LogP contribution in [0.3, 0.4) is 0 Å². The second-order valence-electron chi connectivity index (χ2n) is 5.67. The van der Waals surface area contributed by atoms with E-state index in [1.807, 2.05) is 0 Å². The van der Waals surface area contributed by atoms with Gasteiger partial charge in [0.25, 0.3) is 0 Å². The molecule has 0 radical (unpaired) electrons. The highest BCUT2D eigenvalue weighted by atomic mass is 16.5. The first-order valence-corrected chi connectivity index (χ1v) is 8.32. The lowest BCUT2D eigenvalue weighted by Crippen LogP contribution is -2.06. The van der Waals surface area contributed by atoms with Crippen molar-refractivity contribution in [3.05, 3.63) is 11.9 Å². The van der Waals surface area contributed by atoms with Crippen molar-refractivity contribution < 1.29 is 9.84 Å². The van der Waals surface area contributed by atoms with Crippen LogP contribution in [0.15, 0.2) is 6.20 Å². The molecule has 0 aliphatic carbocycles. The van der Waals surface area contributed by atoms with Crippen molar-refractivity contribution in [2.24, 2.45) is 0 Å². The molecule has 4 nitrogen and oxygen atoms in total. The first-order chi connectivity index (χ1) is 10.2. The van der Waals surface area contributed by atoms with Gasteiger partial charge in [0.05, 0.1) is 19.0 Å². The molecule has 1 N–H and O–H groups in total. The van der Waals surface area contributed by atoms with Crippen molar-refractivity contribution in [3.8, 4) is 11.8 Å². The van der Waals surface area contributed by atoms with E-state index in [4.69, 9.17) is 4.74 Å². The van der Waals surface area contributed by atoms with Crippen LogP contribution < -0.4 is 4.74 Å². The van der Waals surface area contributed by atoms with Gasteiger partial charge in [-0.2, -0.15) is 9.97 Å². The fraction of sp³-hybridized carbons (Fsp3) is 0.765. The number of nitrogens with zero attached hydrogens (tertiary/aromatic N) is 2. The van der Waals surface area contributed by atoms with Crippen molar-refractivity contribution >= 4 is 0 Å². The highest BCUT2D eigenvalue weighted by molar-refractivity contribution is 5.29. The summed E-state index contributed by atoms with van der Waals surface area (Å²) in [6, 6.07) is -0.153. The Labute approximate surface area is 129 Å². The van der Waals surface area contributed by atoms with Crippen LogP contribution in [0.4, 0.5) is 0 Å². The van der Waals surface area contributed by atoms with E-state index in [1.165, 1.54) is 44.9 Å². The normalized spacial score (nSPS) is 12.3. The van der Waals surface area contributed by atoms with Crippen molar-refractivity contribution in [2.45, 2.75) is 77.6 Å². The lowest BCUT2D eigenvalue weighted by Gasteiger charge is -2.18. The first-order valence-electron chi connectivity index (χ1n) is 8.32. The Morgan fingerprint density at radius 2 is 1.67 bits per heavy atom. The summed E-state index contributed by atoms with van der Waals surface area (Å²) >= 11 is 0. The van der Waals surface area contributed by atoms with E-state index >= 15 is 0 Å². The third kappa shape index (κ3) is 6.32. The van der Waals surface area contributed by atoms with Gasteiger partial charge in [0.15, 0.2) is 5.75 Å². The molecule has 1 unspecified atom stereocenters. The minimum Gasteiger partial charge on any atom is -0.493 e. The Morgan fingerprint density at radius 1 is 1.05 bits per heavy atom. The highest BCUT2D eigenvalue weighted by Gasteiger charge is 2.19. The second kappa shape index (κ2) is 10.4. The summed E-state index contributed by atoms with van der Waals surface area (Å²) in [6.45, 7) is 4.44. The number of methoxy groups -OCH3 is 1. The maximum absolute atomic E-state index is 9.59. The van der Waals surface area contributed by atoms with Gasteiger partial charge >= 0.3 is 6.01 Å². The van der Waals surface area contributed by atoms with Gasteiger partial charge in [0.1, 0.15) is 0 Å². The van der Waals surface area contributed by atoms with Crippen LogP contribution in [0, 0.1) is 0 Å². The standard InChI is InChI=1S/C17H30N2O2/c1-4-6-8-10-12-14(11-9-7-5-2)16-15(21-3)13-18-17(20)19-16/h13-14H,4-12H2,1-3H3,(H,18,19,20). The third-order valence-electron chi connectivity index (χ3n) is 3.94. The van der Waals surface area contributed by atoms with Crippen LogP contribution in [0.5, 0.6) is 11.8 Å².